The molecule has 104 valence electrons. The molecule has 3 heterocycles. The lowest BCUT2D eigenvalue weighted by molar-refractivity contribution is -0.0630. The molecular weight excluding hydrogens is 228 g/mol. The Hall–Kier alpha value is -0.160. The Morgan fingerprint density at radius 1 is 1.39 bits per heavy atom. The van der Waals surface area contributed by atoms with Crippen LogP contribution in [0.1, 0.15) is 26.2 Å². The molecule has 0 radical (unpaired) electrons. The maximum atomic E-state index is 5.78. The van der Waals surface area contributed by atoms with E-state index >= 15 is 0 Å². The topological polar surface area (TPSA) is 24.9 Å². The summed E-state index contributed by atoms with van der Waals surface area (Å²) in [4.78, 5) is 5.30. The minimum Gasteiger partial charge on any atom is -0.378 e. The van der Waals surface area contributed by atoms with Gasteiger partial charge < -0.3 is 9.47 Å². The molecule has 18 heavy (non-hydrogen) atoms. The summed E-state index contributed by atoms with van der Waals surface area (Å²) in [7, 11) is 1.84. The third kappa shape index (κ3) is 2.31. The Labute approximate surface area is 110 Å². The van der Waals surface area contributed by atoms with E-state index in [0.29, 0.717) is 6.04 Å². The highest BCUT2D eigenvalue weighted by atomic mass is 16.5. The van der Waals surface area contributed by atoms with Gasteiger partial charge in [0.05, 0.1) is 6.61 Å². The quantitative estimate of drug-likeness (QED) is 0.749. The van der Waals surface area contributed by atoms with Crippen LogP contribution in [0.25, 0.3) is 0 Å². The minimum absolute atomic E-state index is 0.0466. The highest BCUT2D eigenvalue weighted by molar-refractivity contribution is 4.95. The summed E-state index contributed by atoms with van der Waals surface area (Å²) in [6, 6.07) is 1.43. The molecule has 0 spiro atoms. The van der Waals surface area contributed by atoms with Gasteiger partial charge in [-0.15, -0.1) is 0 Å². The summed E-state index contributed by atoms with van der Waals surface area (Å²) in [6.45, 7) is 8.76. The number of ether oxygens (including phenoxy) is 2. The normalized spacial score (nSPS) is 42.3. The van der Waals surface area contributed by atoms with E-state index in [1.807, 2.05) is 7.11 Å². The van der Waals surface area contributed by atoms with Crippen LogP contribution < -0.4 is 0 Å². The van der Waals surface area contributed by atoms with Gasteiger partial charge in [-0.3, -0.25) is 9.80 Å². The highest BCUT2D eigenvalue weighted by Crippen LogP contribution is 2.29. The Balaban J connectivity index is 1.64. The molecule has 0 aromatic heterocycles. The predicted molar refractivity (Wildman–Crippen MR) is 70.8 cm³/mol. The molecule has 4 heteroatoms. The van der Waals surface area contributed by atoms with Crippen LogP contribution in [0.5, 0.6) is 0 Å². The average Bonchev–Trinajstić information content (AvgIpc) is 2.99. The van der Waals surface area contributed by atoms with E-state index in [0.717, 1.165) is 32.2 Å². The molecule has 0 aliphatic carbocycles. The monoisotopic (exact) mass is 254 g/mol. The Bertz CT molecular complexity index is 292. The first kappa shape index (κ1) is 12.9. The maximum absolute atomic E-state index is 5.78. The fourth-order valence-electron chi connectivity index (χ4n) is 3.78. The van der Waals surface area contributed by atoms with Crippen LogP contribution in [-0.2, 0) is 9.47 Å². The summed E-state index contributed by atoms with van der Waals surface area (Å²) in [6.07, 6.45) is 3.80. The van der Waals surface area contributed by atoms with E-state index in [2.05, 4.69) is 16.7 Å². The number of hydrogen-bond acceptors (Lipinski definition) is 4. The average molecular weight is 254 g/mol. The Kier molecular flexibility index (Phi) is 3.63. The van der Waals surface area contributed by atoms with Crippen molar-refractivity contribution in [3.05, 3.63) is 0 Å². The summed E-state index contributed by atoms with van der Waals surface area (Å²) in [5.41, 5.74) is -0.0466. The maximum Gasteiger partial charge on any atom is 0.106 e. The third-order valence-electron chi connectivity index (χ3n) is 5.06. The smallest absolute Gasteiger partial charge is 0.106 e. The second-order valence-corrected chi connectivity index (χ2v) is 6.26. The molecule has 3 rings (SSSR count). The van der Waals surface area contributed by atoms with Crippen molar-refractivity contribution in [2.24, 2.45) is 0 Å². The van der Waals surface area contributed by atoms with Gasteiger partial charge in [0.15, 0.2) is 0 Å². The van der Waals surface area contributed by atoms with Crippen LogP contribution in [0, 0.1) is 0 Å². The van der Waals surface area contributed by atoms with Crippen molar-refractivity contribution >= 4 is 0 Å². The van der Waals surface area contributed by atoms with Crippen molar-refractivity contribution in [2.45, 2.75) is 43.9 Å². The van der Waals surface area contributed by atoms with Crippen molar-refractivity contribution in [3.8, 4) is 0 Å². The van der Waals surface area contributed by atoms with E-state index in [-0.39, 0.29) is 5.60 Å². The largest absolute Gasteiger partial charge is 0.378 e. The van der Waals surface area contributed by atoms with Crippen molar-refractivity contribution in [1.82, 2.24) is 9.80 Å². The molecular formula is C14H26N2O2. The number of piperazine rings is 1. The first-order valence-electron chi connectivity index (χ1n) is 7.33. The van der Waals surface area contributed by atoms with Gasteiger partial charge in [-0.05, 0) is 26.3 Å². The zero-order valence-corrected chi connectivity index (χ0v) is 11.7. The number of fused-ring (bicyclic) bond motifs is 1. The Morgan fingerprint density at radius 3 is 3.00 bits per heavy atom. The van der Waals surface area contributed by atoms with Crippen LogP contribution in [-0.4, -0.2) is 74.0 Å². The molecule has 3 aliphatic rings. The predicted octanol–water partition coefficient (Wildman–Crippen LogP) is 0.960. The third-order valence-corrected chi connectivity index (χ3v) is 5.06. The highest BCUT2D eigenvalue weighted by Gasteiger charge is 2.41. The lowest BCUT2D eigenvalue weighted by atomic mass is 9.99. The van der Waals surface area contributed by atoms with Crippen LogP contribution in [0.15, 0.2) is 0 Å². The molecule has 0 bridgehead atoms. The second kappa shape index (κ2) is 5.08. The number of rotatable bonds is 3. The summed E-state index contributed by atoms with van der Waals surface area (Å²) < 4.78 is 11.3. The molecule has 3 aliphatic heterocycles. The molecule has 0 saturated carbocycles. The zero-order valence-electron chi connectivity index (χ0n) is 11.7. The number of methoxy groups -OCH3 is 1. The van der Waals surface area contributed by atoms with Gasteiger partial charge in [0.1, 0.15) is 5.60 Å². The van der Waals surface area contributed by atoms with Gasteiger partial charge in [-0.25, -0.2) is 0 Å². The lowest BCUT2D eigenvalue weighted by Gasteiger charge is -2.45. The minimum atomic E-state index is -0.0466. The van der Waals surface area contributed by atoms with Gasteiger partial charge in [0, 0.05) is 51.9 Å². The summed E-state index contributed by atoms with van der Waals surface area (Å²) in [5, 5.41) is 0. The fraction of sp³-hybridized carbons (Fsp3) is 1.00. The molecule has 4 nitrogen and oxygen atoms in total. The molecule has 3 unspecified atom stereocenters. The molecule has 3 atom stereocenters. The van der Waals surface area contributed by atoms with Crippen molar-refractivity contribution in [3.63, 3.8) is 0 Å². The summed E-state index contributed by atoms with van der Waals surface area (Å²) >= 11 is 0. The van der Waals surface area contributed by atoms with Crippen LogP contribution in [0.4, 0.5) is 0 Å². The Morgan fingerprint density at radius 2 is 2.28 bits per heavy atom. The van der Waals surface area contributed by atoms with Gasteiger partial charge in [-0.2, -0.15) is 0 Å². The van der Waals surface area contributed by atoms with Crippen LogP contribution >= 0.6 is 0 Å². The number of hydrogen-bond donors (Lipinski definition) is 0. The second-order valence-electron chi connectivity index (χ2n) is 6.26. The van der Waals surface area contributed by atoms with Crippen LogP contribution in [0.3, 0.4) is 0 Å². The first-order chi connectivity index (χ1) is 8.72. The molecule has 3 fully saturated rings. The van der Waals surface area contributed by atoms with Gasteiger partial charge in [0.25, 0.3) is 0 Å². The number of nitrogens with zero attached hydrogens (tertiary/aromatic N) is 2. The summed E-state index contributed by atoms with van der Waals surface area (Å²) in [5.74, 6) is 0. The van der Waals surface area contributed by atoms with Gasteiger partial charge in [0.2, 0.25) is 0 Å². The van der Waals surface area contributed by atoms with E-state index in [1.54, 1.807) is 0 Å². The first-order valence-corrected chi connectivity index (χ1v) is 7.33. The van der Waals surface area contributed by atoms with Gasteiger partial charge >= 0.3 is 0 Å². The fourth-order valence-corrected chi connectivity index (χ4v) is 3.78. The van der Waals surface area contributed by atoms with E-state index < -0.39 is 0 Å². The molecule has 3 saturated heterocycles. The van der Waals surface area contributed by atoms with Crippen LogP contribution in [0.2, 0.25) is 0 Å². The molecule has 0 amide bonds. The molecule has 0 aromatic carbocycles. The molecule has 0 N–H and O–H groups in total. The van der Waals surface area contributed by atoms with E-state index in [9.17, 15) is 0 Å². The lowest BCUT2D eigenvalue weighted by Crippen LogP contribution is -2.59. The van der Waals surface area contributed by atoms with Crippen molar-refractivity contribution in [1.29, 1.82) is 0 Å². The van der Waals surface area contributed by atoms with Crippen molar-refractivity contribution < 1.29 is 9.47 Å². The zero-order chi connectivity index (χ0) is 12.6. The van der Waals surface area contributed by atoms with Gasteiger partial charge in [-0.1, -0.05) is 0 Å². The molecule has 0 aromatic rings. The van der Waals surface area contributed by atoms with Crippen molar-refractivity contribution in [2.75, 3.05) is 46.5 Å². The van der Waals surface area contributed by atoms with E-state index in [1.165, 1.54) is 32.5 Å². The SMILES string of the molecule is COC1(CN2CC3CCCN3CC2C)CCOC1. The standard InChI is InChI=1S/C14H26N2O2/c1-12-8-15-6-3-4-13(15)9-16(12)10-14(17-2)5-7-18-11-14/h12-13H,3-11H2,1-2H3. The van der Waals surface area contributed by atoms with E-state index in [4.69, 9.17) is 9.47 Å².